The zero-order valence-electron chi connectivity index (χ0n) is 13.0. The summed E-state index contributed by atoms with van der Waals surface area (Å²) < 4.78 is 3.44. The van der Waals surface area contributed by atoms with Crippen LogP contribution in [0.25, 0.3) is 27.7 Å². The Balaban J connectivity index is 2.10. The molecule has 0 unspecified atom stereocenters. The van der Waals surface area contributed by atoms with E-state index >= 15 is 0 Å². The SMILES string of the molecule is CCn1ccc2c(cnc3c(-c4ccccc4)c(C)nn32)c1=O. The Morgan fingerprint density at radius 1 is 1.13 bits per heavy atom. The molecule has 4 rings (SSSR count). The molecule has 0 fully saturated rings. The first-order valence-corrected chi connectivity index (χ1v) is 7.63. The van der Waals surface area contributed by atoms with E-state index < -0.39 is 0 Å². The monoisotopic (exact) mass is 304 g/mol. The van der Waals surface area contributed by atoms with Gasteiger partial charge in [0.25, 0.3) is 5.56 Å². The van der Waals surface area contributed by atoms with Gasteiger partial charge in [0.15, 0.2) is 5.65 Å². The van der Waals surface area contributed by atoms with Gasteiger partial charge in [0.1, 0.15) is 0 Å². The number of hydrogen-bond donors (Lipinski definition) is 0. The maximum atomic E-state index is 12.4. The van der Waals surface area contributed by atoms with Crippen molar-refractivity contribution in [3.8, 4) is 11.1 Å². The van der Waals surface area contributed by atoms with Gasteiger partial charge in [0, 0.05) is 24.5 Å². The van der Waals surface area contributed by atoms with E-state index in [0.717, 1.165) is 28.0 Å². The van der Waals surface area contributed by atoms with Crippen molar-refractivity contribution < 1.29 is 0 Å². The lowest BCUT2D eigenvalue weighted by Gasteiger charge is -2.05. The minimum Gasteiger partial charge on any atom is -0.315 e. The normalized spacial score (nSPS) is 11.4. The molecule has 0 aliphatic heterocycles. The molecule has 0 aliphatic carbocycles. The zero-order chi connectivity index (χ0) is 16.0. The highest BCUT2D eigenvalue weighted by atomic mass is 16.1. The average Bonchev–Trinajstić information content (AvgIpc) is 2.92. The molecule has 0 radical (unpaired) electrons. The standard InChI is InChI=1S/C18H16N4O/c1-3-21-10-9-15-14(18(21)23)11-19-17-16(12(2)20-22(15)17)13-7-5-4-6-8-13/h4-11H,3H2,1-2H3. The molecule has 0 aliphatic rings. The summed E-state index contributed by atoms with van der Waals surface area (Å²) in [5, 5.41) is 5.21. The first kappa shape index (κ1) is 13.7. The largest absolute Gasteiger partial charge is 0.315 e. The van der Waals surface area contributed by atoms with Crippen LogP contribution in [-0.4, -0.2) is 19.2 Å². The van der Waals surface area contributed by atoms with Crippen molar-refractivity contribution in [2.75, 3.05) is 0 Å². The number of fused-ring (bicyclic) bond motifs is 3. The third-order valence-corrected chi connectivity index (χ3v) is 4.16. The van der Waals surface area contributed by atoms with Crippen molar-refractivity contribution in [2.45, 2.75) is 20.4 Å². The van der Waals surface area contributed by atoms with Crippen molar-refractivity contribution in [1.82, 2.24) is 19.2 Å². The van der Waals surface area contributed by atoms with Gasteiger partial charge >= 0.3 is 0 Å². The third-order valence-electron chi connectivity index (χ3n) is 4.16. The molecule has 23 heavy (non-hydrogen) atoms. The van der Waals surface area contributed by atoms with Gasteiger partial charge in [-0.15, -0.1) is 0 Å². The summed E-state index contributed by atoms with van der Waals surface area (Å²) in [4.78, 5) is 17.0. The van der Waals surface area contributed by atoms with E-state index in [1.165, 1.54) is 0 Å². The molecule has 0 amide bonds. The van der Waals surface area contributed by atoms with Crippen LogP contribution in [0.1, 0.15) is 12.6 Å². The average molecular weight is 304 g/mol. The predicted molar refractivity (Wildman–Crippen MR) is 90.6 cm³/mol. The Kier molecular flexibility index (Phi) is 3.01. The minimum absolute atomic E-state index is 0.0335. The van der Waals surface area contributed by atoms with Crippen LogP contribution < -0.4 is 5.56 Å². The second kappa shape index (κ2) is 5.05. The number of hydrogen-bond acceptors (Lipinski definition) is 3. The Hall–Kier alpha value is -2.95. The van der Waals surface area contributed by atoms with Crippen LogP contribution in [0.5, 0.6) is 0 Å². The van der Waals surface area contributed by atoms with Gasteiger partial charge < -0.3 is 4.57 Å². The van der Waals surface area contributed by atoms with Crippen molar-refractivity contribution in [2.24, 2.45) is 0 Å². The molecule has 5 nitrogen and oxygen atoms in total. The fourth-order valence-corrected chi connectivity index (χ4v) is 3.01. The molecule has 3 aromatic heterocycles. The van der Waals surface area contributed by atoms with E-state index in [1.54, 1.807) is 15.3 Å². The molecule has 0 bridgehead atoms. The van der Waals surface area contributed by atoms with E-state index in [0.29, 0.717) is 11.9 Å². The number of nitrogens with zero attached hydrogens (tertiary/aromatic N) is 4. The second-order valence-electron chi connectivity index (χ2n) is 5.53. The van der Waals surface area contributed by atoms with Gasteiger partial charge in [0.2, 0.25) is 0 Å². The van der Waals surface area contributed by atoms with E-state index in [9.17, 15) is 4.79 Å². The van der Waals surface area contributed by atoms with Crippen LogP contribution in [0.3, 0.4) is 0 Å². The number of aryl methyl sites for hydroxylation is 2. The summed E-state index contributed by atoms with van der Waals surface area (Å²) >= 11 is 0. The highest BCUT2D eigenvalue weighted by molar-refractivity contribution is 5.86. The van der Waals surface area contributed by atoms with E-state index in [2.05, 4.69) is 10.1 Å². The molecule has 0 atom stereocenters. The molecule has 0 spiro atoms. The molecule has 0 saturated heterocycles. The maximum Gasteiger partial charge on any atom is 0.261 e. The summed E-state index contributed by atoms with van der Waals surface area (Å²) in [5.41, 5.74) is 4.51. The van der Waals surface area contributed by atoms with E-state index in [4.69, 9.17) is 0 Å². The number of benzene rings is 1. The van der Waals surface area contributed by atoms with Crippen LogP contribution in [0.4, 0.5) is 0 Å². The molecular formula is C18H16N4O. The smallest absolute Gasteiger partial charge is 0.261 e. The van der Waals surface area contributed by atoms with Crippen molar-refractivity contribution in [1.29, 1.82) is 0 Å². The highest BCUT2D eigenvalue weighted by Crippen LogP contribution is 2.28. The van der Waals surface area contributed by atoms with Gasteiger partial charge in [0.05, 0.1) is 16.6 Å². The Morgan fingerprint density at radius 2 is 1.91 bits per heavy atom. The summed E-state index contributed by atoms with van der Waals surface area (Å²) in [5.74, 6) is 0. The summed E-state index contributed by atoms with van der Waals surface area (Å²) in [6.45, 7) is 4.56. The molecule has 0 saturated carbocycles. The Labute approximate surface area is 132 Å². The topological polar surface area (TPSA) is 52.2 Å². The molecule has 114 valence electrons. The van der Waals surface area contributed by atoms with Crippen LogP contribution in [0.2, 0.25) is 0 Å². The van der Waals surface area contributed by atoms with E-state index in [-0.39, 0.29) is 5.56 Å². The second-order valence-corrected chi connectivity index (χ2v) is 5.53. The lowest BCUT2D eigenvalue weighted by Crippen LogP contribution is -2.19. The molecule has 4 aromatic rings. The van der Waals surface area contributed by atoms with Crippen LogP contribution in [0.15, 0.2) is 53.6 Å². The maximum absolute atomic E-state index is 12.4. The fraction of sp³-hybridized carbons (Fsp3) is 0.167. The van der Waals surface area contributed by atoms with Gasteiger partial charge in [-0.1, -0.05) is 30.3 Å². The van der Waals surface area contributed by atoms with Gasteiger partial charge in [-0.3, -0.25) is 4.79 Å². The first-order chi connectivity index (χ1) is 11.2. The molecule has 5 heteroatoms. The Morgan fingerprint density at radius 3 is 2.65 bits per heavy atom. The lowest BCUT2D eigenvalue weighted by molar-refractivity contribution is 0.733. The fourth-order valence-electron chi connectivity index (χ4n) is 3.01. The van der Waals surface area contributed by atoms with Crippen molar-refractivity contribution >= 4 is 16.6 Å². The van der Waals surface area contributed by atoms with Crippen LogP contribution >= 0.6 is 0 Å². The quantitative estimate of drug-likeness (QED) is 0.572. The van der Waals surface area contributed by atoms with Gasteiger partial charge in [-0.2, -0.15) is 5.10 Å². The van der Waals surface area contributed by atoms with Crippen molar-refractivity contribution in [3.63, 3.8) is 0 Å². The zero-order valence-corrected chi connectivity index (χ0v) is 13.0. The highest BCUT2D eigenvalue weighted by Gasteiger charge is 2.15. The summed E-state index contributed by atoms with van der Waals surface area (Å²) in [6, 6.07) is 12.0. The van der Waals surface area contributed by atoms with E-state index in [1.807, 2.05) is 56.4 Å². The van der Waals surface area contributed by atoms with Crippen LogP contribution in [0, 0.1) is 6.92 Å². The first-order valence-electron chi connectivity index (χ1n) is 7.63. The summed E-state index contributed by atoms with van der Waals surface area (Å²) in [7, 11) is 0. The third kappa shape index (κ3) is 1.97. The molecule has 1 aromatic carbocycles. The van der Waals surface area contributed by atoms with Gasteiger partial charge in [-0.25, -0.2) is 9.50 Å². The lowest BCUT2D eigenvalue weighted by atomic mass is 10.1. The molecule has 0 N–H and O–H groups in total. The Bertz CT molecular complexity index is 1080. The van der Waals surface area contributed by atoms with Gasteiger partial charge in [-0.05, 0) is 25.5 Å². The number of pyridine rings is 1. The van der Waals surface area contributed by atoms with Crippen molar-refractivity contribution in [3.05, 3.63) is 64.8 Å². The molecule has 3 heterocycles. The van der Waals surface area contributed by atoms with Crippen LogP contribution in [-0.2, 0) is 6.54 Å². The minimum atomic E-state index is -0.0335. The molecular weight excluding hydrogens is 288 g/mol. The summed E-state index contributed by atoms with van der Waals surface area (Å²) in [6.07, 6.45) is 3.47. The predicted octanol–water partition coefficient (Wildman–Crippen LogP) is 3.04. The number of rotatable bonds is 2. The number of aromatic nitrogens is 4.